The Morgan fingerprint density at radius 2 is 2.00 bits per heavy atom. The van der Waals surface area contributed by atoms with Crippen molar-refractivity contribution in [3.8, 4) is 11.8 Å². The second-order valence-electron chi connectivity index (χ2n) is 4.36. The molecule has 20 heavy (non-hydrogen) atoms. The molecule has 0 amide bonds. The van der Waals surface area contributed by atoms with Crippen molar-refractivity contribution in [1.29, 1.82) is 5.26 Å². The van der Waals surface area contributed by atoms with Crippen LogP contribution in [-0.2, 0) is 13.0 Å². The minimum absolute atomic E-state index is 0.164. The van der Waals surface area contributed by atoms with E-state index in [9.17, 15) is 4.39 Å². The van der Waals surface area contributed by atoms with Gasteiger partial charge in [0.05, 0.1) is 11.6 Å². The molecule has 0 aliphatic carbocycles. The highest BCUT2D eigenvalue weighted by Gasteiger charge is 2.07. The molecule has 2 aromatic carbocycles. The van der Waals surface area contributed by atoms with Crippen LogP contribution in [0.15, 0.2) is 42.5 Å². The molecule has 2 aromatic rings. The lowest BCUT2D eigenvalue weighted by atomic mass is 10.1. The fraction of sp³-hybridized carbons (Fsp3) is 0.188. The Morgan fingerprint density at radius 1 is 1.20 bits per heavy atom. The molecule has 0 aliphatic heterocycles. The molecule has 0 fully saturated rings. The number of ether oxygens (including phenoxy) is 1. The molecule has 0 bridgehead atoms. The molecule has 0 aliphatic rings. The number of nitriles is 1. The van der Waals surface area contributed by atoms with Gasteiger partial charge in [-0.05, 0) is 36.7 Å². The quantitative estimate of drug-likeness (QED) is 0.908. The summed E-state index contributed by atoms with van der Waals surface area (Å²) in [7, 11) is 0. The van der Waals surface area contributed by atoms with Gasteiger partial charge in [-0.3, -0.25) is 0 Å². The summed E-state index contributed by atoms with van der Waals surface area (Å²) < 4.78 is 19.3. The van der Waals surface area contributed by atoms with Crippen molar-refractivity contribution < 1.29 is 9.13 Å². The van der Waals surface area contributed by atoms with E-state index in [1.54, 1.807) is 30.3 Å². The summed E-state index contributed by atoms with van der Waals surface area (Å²) in [5.41, 5.74) is 7.54. The number of hydrogen-bond donors (Lipinski definition) is 1. The molecule has 0 saturated carbocycles. The van der Waals surface area contributed by atoms with Crippen molar-refractivity contribution >= 4 is 0 Å². The molecule has 3 nitrogen and oxygen atoms in total. The van der Waals surface area contributed by atoms with Gasteiger partial charge in [0.1, 0.15) is 6.61 Å². The van der Waals surface area contributed by atoms with Crippen LogP contribution in [0.3, 0.4) is 0 Å². The van der Waals surface area contributed by atoms with E-state index >= 15 is 0 Å². The Kier molecular flexibility index (Phi) is 4.70. The van der Waals surface area contributed by atoms with E-state index in [0.29, 0.717) is 18.5 Å². The maximum atomic E-state index is 13.8. The van der Waals surface area contributed by atoms with Crippen LogP contribution in [0.4, 0.5) is 4.39 Å². The van der Waals surface area contributed by atoms with Crippen LogP contribution in [0.1, 0.15) is 16.7 Å². The Hall–Kier alpha value is -2.38. The fourth-order valence-corrected chi connectivity index (χ4v) is 1.89. The minimum Gasteiger partial charge on any atom is -0.486 e. The van der Waals surface area contributed by atoms with Crippen molar-refractivity contribution in [3.05, 3.63) is 65.0 Å². The third-order valence-corrected chi connectivity index (χ3v) is 2.95. The molecule has 0 spiro atoms. The molecule has 2 rings (SSSR count). The van der Waals surface area contributed by atoms with Crippen LogP contribution in [0, 0.1) is 17.1 Å². The Labute approximate surface area is 117 Å². The zero-order valence-electron chi connectivity index (χ0n) is 11.0. The molecule has 0 saturated heterocycles. The largest absolute Gasteiger partial charge is 0.486 e. The summed E-state index contributed by atoms with van der Waals surface area (Å²) >= 11 is 0. The predicted octanol–water partition coefficient (Wildman–Crippen LogP) is 2.78. The van der Waals surface area contributed by atoms with E-state index in [0.717, 1.165) is 11.1 Å². The van der Waals surface area contributed by atoms with Gasteiger partial charge in [-0.2, -0.15) is 5.26 Å². The van der Waals surface area contributed by atoms with Gasteiger partial charge in [0.25, 0.3) is 0 Å². The van der Waals surface area contributed by atoms with Crippen molar-refractivity contribution in [2.45, 2.75) is 13.0 Å². The number of nitrogens with zero attached hydrogens (tertiary/aromatic N) is 1. The van der Waals surface area contributed by atoms with Crippen LogP contribution in [-0.4, -0.2) is 6.54 Å². The Morgan fingerprint density at radius 3 is 2.70 bits per heavy atom. The molecule has 102 valence electrons. The zero-order valence-corrected chi connectivity index (χ0v) is 11.0. The van der Waals surface area contributed by atoms with Gasteiger partial charge in [-0.25, -0.2) is 4.39 Å². The minimum atomic E-state index is -0.412. The molecular weight excluding hydrogens is 255 g/mol. The smallest absolute Gasteiger partial charge is 0.165 e. The fourth-order valence-electron chi connectivity index (χ4n) is 1.89. The highest BCUT2D eigenvalue weighted by molar-refractivity contribution is 5.37. The average Bonchev–Trinajstić information content (AvgIpc) is 2.47. The first kappa shape index (κ1) is 14.0. The molecule has 0 atom stereocenters. The lowest BCUT2D eigenvalue weighted by Gasteiger charge is -2.09. The molecule has 0 heterocycles. The summed E-state index contributed by atoms with van der Waals surface area (Å²) in [5, 5.41) is 8.97. The van der Waals surface area contributed by atoms with Crippen LogP contribution in [0.5, 0.6) is 5.75 Å². The summed E-state index contributed by atoms with van der Waals surface area (Å²) in [6.07, 6.45) is 0.633. The van der Waals surface area contributed by atoms with Crippen LogP contribution >= 0.6 is 0 Å². The van der Waals surface area contributed by atoms with E-state index in [-0.39, 0.29) is 12.4 Å². The van der Waals surface area contributed by atoms with Crippen molar-refractivity contribution in [1.82, 2.24) is 0 Å². The predicted molar refractivity (Wildman–Crippen MR) is 74.6 cm³/mol. The third-order valence-electron chi connectivity index (χ3n) is 2.95. The van der Waals surface area contributed by atoms with Gasteiger partial charge in [-0.1, -0.05) is 24.3 Å². The number of halogens is 1. The van der Waals surface area contributed by atoms with E-state index < -0.39 is 5.82 Å². The molecule has 0 unspecified atom stereocenters. The van der Waals surface area contributed by atoms with Crippen molar-refractivity contribution in [2.75, 3.05) is 6.54 Å². The number of rotatable bonds is 5. The van der Waals surface area contributed by atoms with Gasteiger partial charge < -0.3 is 10.5 Å². The molecule has 4 heteroatoms. The van der Waals surface area contributed by atoms with Crippen LogP contribution < -0.4 is 10.5 Å². The SMILES string of the molecule is N#Cc1ccccc1COc1ccc(CCN)cc1F. The first-order chi connectivity index (χ1) is 9.74. The highest BCUT2D eigenvalue weighted by atomic mass is 19.1. The van der Waals surface area contributed by atoms with Gasteiger partial charge >= 0.3 is 0 Å². The van der Waals surface area contributed by atoms with E-state index in [1.165, 1.54) is 6.07 Å². The Balaban J connectivity index is 2.09. The first-order valence-electron chi connectivity index (χ1n) is 6.34. The van der Waals surface area contributed by atoms with Crippen LogP contribution in [0.2, 0.25) is 0 Å². The second kappa shape index (κ2) is 6.69. The average molecular weight is 270 g/mol. The van der Waals surface area contributed by atoms with Crippen molar-refractivity contribution in [2.24, 2.45) is 5.73 Å². The number of benzene rings is 2. The summed E-state index contributed by atoms with van der Waals surface area (Å²) in [6.45, 7) is 0.645. The van der Waals surface area contributed by atoms with Gasteiger partial charge in [0, 0.05) is 5.56 Å². The number of hydrogen-bond acceptors (Lipinski definition) is 3. The van der Waals surface area contributed by atoms with E-state index in [1.807, 2.05) is 6.07 Å². The van der Waals surface area contributed by atoms with E-state index in [2.05, 4.69) is 6.07 Å². The van der Waals surface area contributed by atoms with Gasteiger partial charge in [0.15, 0.2) is 11.6 Å². The Bertz CT molecular complexity index is 635. The lowest BCUT2D eigenvalue weighted by molar-refractivity contribution is 0.290. The van der Waals surface area contributed by atoms with Gasteiger partial charge in [-0.15, -0.1) is 0 Å². The van der Waals surface area contributed by atoms with Crippen LogP contribution in [0.25, 0.3) is 0 Å². The monoisotopic (exact) mass is 270 g/mol. The topological polar surface area (TPSA) is 59.0 Å². The molecular formula is C16H15FN2O. The first-order valence-corrected chi connectivity index (χ1v) is 6.34. The molecule has 0 radical (unpaired) electrons. The lowest BCUT2D eigenvalue weighted by Crippen LogP contribution is -2.04. The summed E-state index contributed by atoms with van der Waals surface area (Å²) in [5.74, 6) is -0.232. The van der Waals surface area contributed by atoms with Gasteiger partial charge in [0.2, 0.25) is 0 Å². The molecule has 2 N–H and O–H groups in total. The summed E-state index contributed by atoms with van der Waals surface area (Å²) in [6, 6.07) is 14.0. The highest BCUT2D eigenvalue weighted by Crippen LogP contribution is 2.20. The normalized spacial score (nSPS) is 10.1. The summed E-state index contributed by atoms with van der Waals surface area (Å²) in [4.78, 5) is 0. The van der Waals surface area contributed by atoms with E-state index in [4.69, 9.17) is 15.7 Å². The second-order valence-corrected chi connectivity index (χ2v) is 4.36. The molecule has 0 aromatic heterocycles. The van der Waals surface area contributed by atoms with Crippen molar-refractivity contribution in [3.63, 3.8) is 0 Å². The third kappa shape index (κ3) is 3.34. The maximum absolute atomic E-state index is 13.8. The zero-order chi connectivity index (χ0) is 14.4. The number of nitrogens with two attached hydrogens (primary N) is 1. The standard InChI is InChI=1S/C16H15FN2O/c17-15-9-12(7-8-18)5-6-16(15)20-11-14-4-2-1-3-13(14)10-19/h1-6,9H,7-8,11,18H2. The maximum Gasteiger partial charge on any atom is 0.165 e.